The molecule has 0 unspecified atom stereocenters. The van der Waals surface area contributed by atoms with Gasteiger partial charge in [-0.1, -0.05) is 31.2 Å². The van der Waals surface area contributed by atoms with E-state index < -0.39 is 70.0 Å². The van der Waals surface area contributed by atoms with Crippen LogP contribution in [0, 0.1) is 17.1 Å². The molecule has 3 aromatic carbocycles. The number of nitrogens with zero attached hydrogens (tertiary/aromatic N) is 2. The fourth-order valence-electron chi connectivity index (χ4n) is 5.80. The van der Waals surface area contributed by atoms with Crippen molar-refractivity contribution in [1.29, 1.82) is 5.26 Å². The number of ether oxygens (including phenoxy) is 1. The van der Waals surface area contributed by atoms with Gasteiger partial charge in [-0.2, -0.15) is 27.2 Å². The highest BCUT2D eigenvalue weighted by atomic mass is 32.2. The Kier molecular flexibility index (Phi) is 10.7. The lowest BCUT2D eigenvalue weighted by molar-refractivity contribution is -0.137. The first-order chi connectivity index (χ1) is 21.7. The highest BCUT2D eigenvalue weighted by Gasteiger charge is 2.36. The number of nitrogens with two attached hydrogens (primary N) is 1. The molecule has 14 heteroatoms. The first-order valence-corrected chi connectivity index (χ1v) is 16.0. The molecule has 1 aliphatic rings. The van der Waals surface area contributed by atoms with E-state index in [-0.39, 0.29) is 41.3 Å². The number of hydrogen-bond donors (Lipinski definition) is 1. The molecule has 4 rings (SSSR count). The van der Waals surface area contributed by atoms with Crippen LogP contribution in [0.1, 0.15) is 70.6 Å². The number of amides is 1. The van der Waals surface area contributed by atoms with Gasteiger partial charge in [0.15, 0.2) is 9.84 Å². The van der Waals surface area contributed by atoms with Gasteiger partial charge in [0.1, 0.15) is 5.82 Å². The van der Waals surface area contributed by atoms with Crippen LogP contribution in [0.5, 0.6) is 0 Å². The molecule has 2 N–H and O–H groups in total. The highest BCUT2D eigenvalue weighted by molar-refractivity contribution is 7.91. The van der Waals surface area contributed by atoms with Crippen molar-refractivity contribution in [2.45, 2.75) is 61.7 Å². The average Bonchev–Trinajstić information content (AvgIpc) is 3.02. The SMILES string of the molecule is CCS(=O)(=O)c1ccc([C@H](CC#N)c2c(N3C[C@@H](c4ccc(C(F)(F)F)cc4)CC[C@H]3COC(F)F)ccc(C(N)=O)c2F)cc1. The van der Waals surface area contributed by atoms with Gasteiger partial charge in [-0.15, -0.1) is 0 Å². The zero-order chi connectivity index (χ0) is 33.8. The van der Waals surface area contributed by atoms with Gasteiger partial charge in [-0.05, 0) is 60.4 Å². The van der Waals surface area contributed by atoms with E-state index in [1.165, 1.54) is 49.4 Å². The van der Waals surface area contributed by atoms with Gasteiger partial charge in [0.05, 0.1) is 40.5 Å². The van der Waals surface area contributed by atoms with Crippen LogP contribution in [0.3, 0.4) is 0 Å². The number of carbonyl (C=O) groups excluding carboxylic acids is 1. The summed E-state index contributed by atoms with van der Waals surface area (Å²) < 4.78 is 112. The maximum absolute atomic E-state index is 16.3. The Bertz CT molecular complexity index is 1690. The second kappa shape index (κ2) is 14.1. The summed E-state index contributed by atoms with van der Waals surface area (Å²) in [5.41, 5.74) is 5.02. The van der Waals surface area contributed by atoms with Crippen molar-refractivity contribution in [1.82, 2.24) is 0 Å². The number of hydrogen-bond acceptors (Lipinski definition) is 6. The molecular weight excluding hydrogens is 636 g/mol. The number of piperidine rings is 1. The van der Waals surface area contributed by atoms with Crippen LogP contribution in [0.2, 0.25) is 0 Å². The van der Waals surface area contributed by atoms with Crippen LogP contribution < -0.4 is 10.6 Å². The summed E-state index contributed by atoms with van der Waals surface area (Å²) in [4.78, 5) is 13.8. The molecule has 1 fully saturated rings. The topological polar surface area (TPSA) is 113 Å². The van der Waals surface area contributed by atoms with E-state index >= 15 is 4.39 Å². The molecule has 1 heterocycles. The largest absolute Gasteiger partial charge is 0.416 e. The van der Waals surface area contributed by atoms with Crippen molar-refractivity contribution in [3.63, 3.8) is 0 Å². The van der Waals surface area contributed by atoms with Crippen molar-refractivity contribution in [2.24, 2.45) is 5.73 Å². The predicted molar refractivity (Wildman–Crippen MR) is 158 cm³/mol. The van der Waals surface area contributed by atoms with Gasteiger partial charge >= 0.3 is 12.8 Å². The second-order valence-corrected chi connectivity index (χ2v) is 13.2. The minimum Gasteiger partial charge on any atom is -0.366 e. The maximum atomic E-state index is 16.3. The Morgan fingerprint density at radius 1 is 1.07 bits per heavy atom. The molecule has 3 aromatic rings. The molecule has 1 aliphatic heterocycles. The first kappa shape index (κ1) is 34.8. The molecule has 0 radical (unpaired) electrons. The van der Waals surface area contributed by atoms with Crippen molar-refractivity contribution >= 4 is 21.4 Å². The number of alkyl halides is 5. The number of rotatable bonds is 11. The summed E-state index contributed by atoms with van der Waals surface area (Å²) in [6.45, 7) is -2.05. The molecule has 1 saturated heterocycles. The van der Waals surface area contributed by atoms with Crippen LogP contribution in [0.25, 0.3) is 0 Å². The molecule has 246 valence electrons. The van der Waals surface area contributed by atoms with Gasteiger partial charge in [0.25, 0.3) is 5.91 Å². The number of nitriles is 1. The molecule has 0 aromatic heterocycles. The van der Waals surface area contributed by atoms with E-state index in [1.54, 1.807) is 4.90 Å². The Balaban J connectivity index is 1.86. The van der Waals surface area contributed by atoms with Crippen molar-refractivity contribution in [3.05, 3.63) is 94.3 Å². The van der Waals surface area contributed by atoms with E-state index in [0.717, 1.165) is 18.2 Å². The van der Waals surface area contributed by atoms with Crippen LogP contribution >= 0.6 is 0 Å². The number of primary amides is 1. The Hall–Kier alpha value is -4.09. The third kappa shape index (κ3) is 7.64. The lowest BCUT2D eigenvalue weighted by Crippen LogP contribution is -2.46. The summed E-state index contributed by atoms with van der Waals surface area (Å²) in [7, 11) is -3.58. The molecular formula is C32H31F6N3O4S. The lowest BCUT2D eigenvalue weighted by Gasteiger charge is -2.43. The van der Waals surface area contributed by atoms with E-state index in [1.807, 2.05) is 6.07 Å². The van der Waals surface area contributed by atoms with Gasteiger partial charge in [-0.3, -0.25) is 4.79 Å². The fraction of sp³-hybridized carbons (Fsp3) is 0.375. The Morgan fingerprint density at radius 3 is 2.26 bits per heavy atom. The smallest absolute Gasteiger partial charge is 0.366 e. The normalized spacial score (nSPS) is 17.9. The predicted octanol–water partition coefficient (Wildman–Crippen LogP) is 6.77. The van der Waals surface area contributed by atoms with Gasteiger partial charge in [-0.25, -0.2) is 12.8 Å². The Labute approximate surface area is 262 Å². The maximum Gasteiger partial charge on any atom is 0.416 e. The monoisotopic (exact) mass is 667 g/mol. The van der Waals surface area contributed by atoms with E-state index in [9.17, 15) is 40.4 Å². The van der Waals surface area contributed by atoms with E-state index in [4.69, 9.17) is 5.73 Å². The zero-order valence-electron chi connectivity index (χ0n) is 24.6. The molecule has 46 heavy (non-hydrogen) atoms. The fourth-order valence-corrected chi connectivity index (χ4v) is 6.69. The number of sulfone groups is 1. The molecule has 0 aliphatic carbocycles. The van der Waals surface area contributed by atoms with Gasteiger partial charge in [0.2, 0.25) is 0 Å². The molecule has 0 bridgehead atoms. The molecule has 0 saturated carbocycles. The number of halogens is 6. The minimum absolute atomic E-state index is 0.0145. The summed E-state index contributed by atoms with van der Waals surface area (Å²) in [5.74, 6) is -3.75. The van der Waals surface area contributed by atoms with E-state index in [0.29, 0.717) is 17.5 Å². The van der Waals surface area contributed by atoms with Crippen LogP contribution in [-0.4, -0.2) is 45.9 Å². The van der Waals surface area contributed by atoms with E-state index in [2.05, 4.69) is 4.74 Å². The summed E-state index contributed by atoms with van der Waals surface area (Å²) >= 11 is 0. The Morgan fingerprint density at radius 2 is 1.72 bits per heavy atom. The molecule has 0 spiro atoms. The third-order valence-electron chi connectivity index (χ3n) is 8.23. The number of carbonyl (C=O) groups is 1. The van der Waals surface area contributed by atoms with Crippen molar-refractivity contribution in [2.75, 3.05) is 23.8 Å². The van der Waals surface area contributed by atoms with Crippen molar-refractivity contribution in [3.8, 4) is 6.07 Å². The summed E-state index contributed by atoms with van der Waals surface area (Å²) in [6, 6.07) is 13.9. The van der Waals surface area contributed by atoms with Gasteiger partial charge < -0.3 is 15.4 Å². The zero-order valence-corrected chi connectivity index (χ0v) is 25.4. The molecule has 7 nitrogen and oxygen atoms in total. The lowest BCUT2D eigenvalue weighted by atomic mass is 9.83. The third-order valence-corrected chi connectivity index (χ3v) is 9.98. The van der Waals surface area contributed by atoms with Crippen LogP contribution in [0.4, 0.5) is 32.0 Å². The van der Waals surface area contributed by atoms with Crippen molar-refractivity contribution < 1.29 is 44.3 Å². The first-order valence-electron chi connectivity index (χ1n) is 14.3. The van der Waals surface area contributed by atoms with Gasteiger partial charge in [0, 0.05) is 36.1 Å². The second-order valence-electron chi connectivity index (χ2n) is 10.9. The summed E-state index contributed by atoms with van der Waals surface area (Å²) in [5, 5.41) is 9.76. The number of benzene rings is 3. The standard InChI is InChI=1S/C32H31F6N3O4S/c1-2-46(43,44)24-11-6-20(7-12-24)25(15-16-39)28-27(14-13-26(29(28)33)30(40)42)41-17-21(5-10-23(41)18-45-31(34)35)19-3-8-22(9-4-19)32(36,37)38/h3-4,6-9,11-14,21,23,25,31H,2,5,10,15,17-18H2,1H3,(H2,40,42)/t21-,23-,25-/m0/s1. The highest BCUT2D eigenvalue weighted by Crippen LogP contribution is 2.43. The number of anilines is 1. The van der Waals surface area contributed by atoms with Crippen LogP contribution in [0.15, 0.2) is 65.6 Å². The summed E-state index contributed by atoms with van der Waals surface area (Å²) in [6.07, 6.45) is -4.23. The molecule has 3 atom stereocenters. The van der Waals surface area contributed by atoms with Crippen LogP contribution in [-0.2, 0) is 20.8 Å². The minimum atomic E-state index is -4.54. The average molecular weight is 668 g/mol. The molecule has 1 amide bonds. The quantitative estimate of drug-likeness (QED) is 0.226.